The summed E-state index contributed by atoms with van der Waals surface area (Å²) >= 11 is 0. The smallest absolute Gasteiger partial charge is 0.274 e. The summed E-state index contributed by atoms with van der Waals surface area (Å²) in [6.07, 6.45) is 0. The van der Waals surface area contributed by atoms with Crippen LogP contribution >= 0.6 is 0 Å². The zero-order valence-electron chi connectivity index (χ0n) is 17.8. The van der Waals surface area contributed by atoms with Crippen molar-refractivity contribution in [3.63, 3.8) is 0 Å². The molecule has 34 heavy (non-hydrogen) atoms. The minimum absolute atomic E-state index is 0.0353. The fourth-order valence-corrected chi connectivity index (χ4v) is 3.51. The number of amides is 2. The van der Waals surface area contributed by atoms with Crippen LogP contribution in [0.3, 0.4) is 0 Å². The summed E-state index contributed by atoms with van der Waals surface area (Å²) in [5, 5.41) is 22.6. The number of benzene rings is 3. The third-order valence-corrected chi connectivity index (χ3v) is 5.29. The number of non-ortho nitro benzene ring substituents is 1. The van der Waals surface area contributed by atoms with Crippen LogP contribution in [0.4, 0.5) is 5.69 Å². The number of nitrogens with zero attached hydrogens (tertiary/aromatic N) is 1. The molecule has 0 aliphatic carbocycles. The molecule has 3 aromatic carbocycles. The maximum Gasteiger partial charge on any atom is 0.274 e. The molecule has 2 amide bonds. The van der Waals surface area contributed by atoms with E-state index >= 15 is 0 Å². The van der Waals surface area contributed by atoms with Crippen molar-refractivity contribution >= 4 is 17.5 Å². The summed E-state index contributed by atoms with van der Waals surface area (Å²) in [7, 11) is 0. The van der Waals surface area contributed by atoms with Crippen LogP contribution < -0.4 is 10.8 Å². The third-order valence-electron chi connectivity index (χ3n) is 5.29. The van der Waals surface area contributed by atoms with E-state index in [0.717, 1.165) is 16.8 Å². The molecule has 0 spiro atoms. The van der Waals surface area contributed by atoms with Crippen molar-refractivity contribution in [1.82, 2.24) is 15.8 Å². The Morgan fingerprint density at radius 1 is 0.882 bits per heavy atom. The number of H-pyrrole nitrogens is 1. The summed E-state index contributed by atoms with van der Waals surface area (Å²) in [6, 6.07) is 23.8. The van der Waals surface area contributed by atoms with Crippen LogP contribution in [0.2, 0.25) is 0 Å². The van der Waals surface area contributed by atoms with Gasteiger partial charge in [-0.05, 0) is 47.0 Å². The van der Waals surface area contributed by atoms with Crippen molar-refractivity contribution in [3.05, 3.63) is 112 Å². The molecule has 0 aliphatic rings. The highest BCUT2D eigenvalue weighted by Gasteiger charge is 2.18. The highest BCUT2D eigenvalue weighted by Crippen LogP contribution is 2.31. The Labute approximate surface area is 194 Å². The summed E-state index contributed by atoms with van der Waals surface area (Å²) in [5.41, 5.74) is 5.80. The summed E-state index contributed by atoms with van der Waals surface area (Å²) in [4.78, 5) is 38.3. The van der Waals surface area contributed by atoms with Gasteiger partial charge in [-0.25, -0.2) is 5.48 Å². The highest BCUT2D eigenvalue weighted by atomic mass is 16.6. The van der Waals surface area contributed by atoms with E-state index in [4.69, 9.17) is 5.21 Å². The first-order valence-electron chi connectivity index (χ1n) is 10.3. The molecular weight excluding hydrogens is 436 g/mol. The Bertz CT molecular complexity index is 1330. The predicted octanol–water partition coefficient (Wildman–Crippen LogP) is 4.31. The lowest BCUT2D eigenvalue weighted by Crippen LogP contribution is -2.24. The lowest BCUT2D eigenvalue weighted by molar-refractivity contribution is -0.384. The standard InChI is InChI=1S/C25H20N4O5/c30-24(28-32)19-8-6-16(7-9-19)15-26-25(31)23-21(17-10-12-20(13-11-17)29(33)34)14-22(27-23)18-4-2-1-3-5-18/h1-14,27,32H,15H2,(H,26,31)(H,28,30). The average molecular weight is 456 g/mol. The van der Waals surface area contributed by atoms with Crippen LogP contribution in [0.5, 0.6) is 0 Å². The maximum atomic E-state index is 13.1. The second-order valence-electron chi connectivity index (χ2n) is 7.46. The second kappa shape index (κ2) is 9.80. The van der Waals surface area contributed by atoms with Crippen LogP contribution in [-0.2, 0) is 6.54 Å². The van der Waals surface area contributed by atoms with E-state index in [1.165, 1.54) is 24.3 Å². The first kappa shape index (κ1) is 22.4. The largest absolute Gasteiger partial charge is 0.350 e. The van der Waals surface area contributed by atoms with Crippen LogP contribution in [-0.4, -0.2) is 26.9 Å². The first-order valence-corrected chi connectivity index (χ1v) is 10.3. The van der Waals surface area contributed by atoms with Crippen molar-refractivity contribution in [2.75, 3.05) is 0 Å². The van der Waals surface area contributed by atoms with Crippen molar-refractivity contribution < 1.29 is 19.7 Å². The lowest BCUT2D eigenvalue weighted by atomic mass is 10.0. The number of hydroxylamine groups is 1. The van der Waals surface area contributed by atoms with Crippen molar-refractivity contribution in [1.29, 1.82) is 0 Å². The van der Waals surface area contributed by atoms with E-state index in [-0.39, 0.29) is 23.7 Å². The average Bonchev–Trinajstić information content (AvgIpc) is 3.33. The summed E-state index contributed by atoms with van der Waals surface area (Å²) in [5.74, 6) is -0.976. The van der Waals surface area contributed by atoms with Crippen LogP contribution in [0.25, 0.3) is 22.4 Å². The Morgan fingerprint density at radius 3 is 2.18 bits per heavy atom. The van der Waals surface area contributed by atoms with E-state index in [1.807, 2.05) is 36.4 Å². The molecule has 0 unspecified atom stereocenters. The first-order chi connectivity index (χ1) is 16.5. The molecule has 4 N–H and O–H groups in total. The van der Waals surface area contributed by atoms with Crippen molar-refractivity contribution in [3.8, 4) is 22.4 Å². The van der Waals surface area contributed by atoms with E-state index in [2.05, 4.69) is 10.3 Å². The number of aromatic nitrogens is 1. The Morgan fingerprint density at radius 2 is 1.56 bits per heavy atom. The Balaban J connectivity index is 1.61. The zero-order valence-corrected chi connectivity index (χ0v) is 17.8. The van der Waals surface area contributed by atoms with Gasteiger partial charge >= 0.3 is 0 Å². The number of hydrogen-bond acceptors (Lipinski definition) is 5. The quantitative estimate of drug-likeness (QED) is 0.187. The van der Waals surface area contributed by atoms with Gasteiger partial charge < -0.3 is 10.3 Å². The van der Waals surface area contributed by atoms with Crippen LogP contribution in [0.1, 0.15) is 26.4 Å². The molecule has 9 heteroatoms. The topological polar surface area (TPSA) is 137 Å². The van der Waals surface area contributed by atoms with Crippen molar-refractivity contribution in [2.24, 2.45) is 0 Å². The molecule has 1 heterocycles. The molecule has 1 aromatic heterocycles. The fraction of sp³-hybridized carbons (Fsp3) is 0.0400. The van der Waals surface area contributed by atoms with Gasteiger partial charge in [0.1, 0.15) is 5.69 Å². The Kier molecular flexibility index (Phi) is 6.47. The fourth-order valence-electron chi connectivity index (χ4n) is 3.51. The van der Waals surface area contributed by atoms with Gasteiger partial charge in [-0.1, -0.05) is 42.5 Å². The Hall–Kier alpha value is -4.76. The van der Waals surface area contributed by atoms with Gasteiger partial charge in [-0.15, -0.1) is 0 Å². The van der Waals surface area contributed by atoms with Crippen molar-refractivity contribution in [2.45, 2.75) is 6.54 Å². The number of rotatable bonds is 7. The summed E-state index contributed by atoms with van der Waals surface area (Å²) in [6.45, 7) is 0.208. The van der Waals surface area contributed by atoms with Gasteiger partial charge in [0.15, 0.2) is 0 Å². The van der Waals surface area contributed by atoms with E-state index in [9.17, 15) is 19.7 Å². The minimum Gasteiger partial charge on any atom is -0.350 e. The van der Waals surface area contributed by atoms with Crippen LogP contribution in [0.15, 0.2) is 84.9 Å². The van der Waals surface area contributed by atoms with E-state index in [0.29, 0.717) is 16.8 Å². The predicted molar refractivity (Wildman–Crippen MR) is 125 cm³/mol. The molecule has 0 atom stereocenters. The molecule has 4 rings (SSSR count). The molecule has 9 nitrogen and oxygen atoms in total. The maximum absolute atomic E-state index is 13.1. The number of nitrogens with one attached hydrogen (secondary N) is 3. The number of aromatic amines is 1. The van der Waals surface area contributed by atoms with Gasteiger partial charge in [0.2, 0.25) is 0 Å². The second-order valence-corrected chi connectivity index (χ2v) is 7.46. The number of nitro groups is 1. The van der Waals surface area contributed by atoms with Crippen LogP contribution in [0, 0.1) is 10.1 Å². The van der Waals surface area contributed by atoms with E-state index < -0.39 is 10.8 Å². The molecule has 0 saturated carbocycles. The monoisotopic (exact) mass is 456 g/mol. The third kappa shape index (κ3) is 4.84. The number of carbonyl (C=O) groups excluding carboxylic acids is 2. The molecule has 0 aliphatic heterocycles. The SMILES string of the molecule is O=C(NO)c1ccc(CNC(=O)c2[nH]c(-c3ccccc3)cc2-c2ccc([N+](=O)[O-])cc2)cc1. The lowest BCUT2D eigenvalue weighted by Gasteiger charge is -2.08. The van der Waals surface area contributed by atoms with Gasteiger partial charge in [-0.3, -0.25) is 24.9 Å². The number of nitro benzene ring substituents is 1. The van der Waals surface area contributed by atoms with Gasteiger partial charge in [0, 0.05) is 35.5 Å². The minimum atomic E-state index is -0.622. The molecular formula is C25H20N4O5. The molecule has 0 bridgehead atoms. The summed E-state index contributed by atoms with van der Waals surface area (Å²) < 4.78 is 0. The van der Waals surface area contributed by atoms with Gasteiger partial charge in [0.05, 0.1) is 4.92 Å². The zero-order chi connectivity index (χ0) is 24.1. The normalized spacial score (nSPS) is 10.5. The molecule has 0 radical (unpaired) electrons. The molecule has 170 valence electrons. The number of hydrogen-bond donors (Lipinski definition) is 4. The van der Waals surface area contributed by atoms with Gasteiger partial charge in [0.25, 0.3) is 17.5 Å². The van der Waals surface area contributed by atoms with E-state index in [1.54, 1.807) is 29.7 Å². The van der Waals surface area contributed by atoms with Gasteiger partial charge in [-0.2, -0.15) is 0 Å². The highest BCUT2D eigenvalue weighted by molar-refractivity contribution is 6.01. The molecule has 4 aromatic rings. The molecule has 0 fully saturated rings. The number of carbonyl (C=O) groups is 2. The molecule has 0 saturated heterocycles.